The van der Waals surface area contributed by atoms with Crippen LogP contribution in [0.3, 0.4) is 0 Å². The summed E-state index contributed by atoms with van der Waals surface area (Å²) in [6.07, 6.45) is 2.18. The number of carbonyl (C=O) groups excluding carboxylic acids is 2. The van der Waals surface area contributed by atoms with E-state index in [1.807, 2.05) is 54.6 Å². The van der Waals surface area contributed by atoms with Gasteiger partial charge in [-0.3, -0.25) is 4.79 Å². The molecule has 3 aromatic rings. The number of nitrogens with zero attached hydrogens (tertiary/aromatic N) is 2. The SMILES string of the molecule is COc1ccc([C@H]2CC(c3ccccc3)=NN2C(=O)COC(=O)c2ccc[nH]2)cc1. The summed E-state index contributed by atoms with van der Waals surface area (Å²) >= 11 is 0. The van der Waals surface area contributed by atoms with Gasteiger partial charge in [-0.1, -0.05) is 42.5 Å². The van der Waals surface area contributed by atoms with Gasteiger partial charge in [0.1, 0.15) is 11.4 Å². The number of nitrogens with one attached hydrogen (secondary N) is 1. The third kappa shape index (κ3) is 4.10. The summed E-state index contributed by atoms with van der Waals surface area (Å²) in [7, 11) is 1.61. The molecule has 7 heteroatoms. The number of methoxy groups -OCH3 is 1. The van der Waals surface area contributed by atoms with Crippen molar-refractivity contribution in [3.8, 4) is 5.75 Å². The molecule has 0 radical (unpaired) electrons. The molecular formula is C23H21N3O4. The van der Waals surface area contributed by atoms with Crippen LogP contribution in [0.4, 0.5) is 0 Å². The van der Waals surface area contributed by atoms with Gasteiger partial charge >= 0.3 is 5.97 Å². The van der Waals surface area contributed by atoms with Crippen molar-refractivity contribution in [2.24, 2.45) is 5.10 Å². The maximum Gasteiger partial charge on any atom is 0.355 e. The number of hydrazone groups is 1. The lowest BCUT2D eigenvalue weighted by molar-refractivity contribution is -0.136. The van der Waals surface area contributed by atoms with E-state index in [-0.39, 0.29) is 11.9 Å². The van der Waals surface area contributed by atoms with Gasteiger partial charge in [-0.05, 0) is 35.4 Å². The average Bonchev–Trinajstić information content (AvgIpc) is 3.48. The highest BCUT2D eigenvalue weighted by molar-refractivity contribution is 6.03. The summed E-state index contributed by atoms with van der Waals surface area (Å²) < 4.78 is 10.4. The van der Waals surface area contributed by atoms with E-state index in [0.717, 1.165) is 22.6 Å². The van der Waals surface area contributed by atoms with Gasteiger partial charge in [0.05, 0.1) is 18.9 Å². The van der Waals surface area contributed by atoms with Crippen molar-refractivity contribution in [2.75, 3.05) is 13.7 Å². The number of hydrogen-bond acceptors (Lipinski definition) is 5. The van der Waals surface area contributed by atoms with Crippen LogP contribution < -0.4 is 4.74 Å². The molecule has 0 bridgehead atoms. The standard InChI is InChI=1S/C23H21N3O4/c1-29-18-11-9-17(10-12-18)21-14-20(16-6-3-2-4-7-16)25-26(21)22(27)15-30-23(28)19-8-5-13-24-19/h2-13,21,24H,14-15H2,1H3/t21-/m1/s1. The molecule has 0 saturated carbocycles. The smallest absolute Gasteiger partial charge is 0.355 e. The molecule has 1 aliphatic heterocycles. The zero-order valence-corrected chi connectivity index (χ0v) is 16.4. The quantitative estimate of drug-likeness (QED) is 0.638. The molecule has 4 rings (SSSR count). The minimum Gasteiger partial charge on any atom is -0.497 e. The first-order valence-electron chi connectivity index (χ1n) is 9.55. The molecule has 0 fully saturated rings. The van der Waals surface area contributed by atoms with Crippen molar-refractivity contribution in [2.45, 2.75) is 12.5 Å². The fourth-order valence-corrected chi connectivity index (χ4v) is 3.36. The van der Waals surface area contributed by atoms with Gasteiger partial charge < -0.3 is 14.5 Å². The number of carbonyl (C=O) groups is 2. The lowest BCUT2D eigenvalue weighted by Gasteiger charge is -2.22. The van der Waals surface area contributed by atoms with Crippen LogP contribution >= 0.6 is 0 Å². The molecule has 1 aliphatic rings. The van der Waals surface area contributed by atoms with Crippen LogP contribution in [-0.2, 0) is 9.53 Å². The first kappa shape index (κ1) is 19.4. The summed E-state index contributed by atoms with van der Waals surface area (Å²) in [6.45, 7) is -0.393. The third-order valence-corrected chi connectivity index (χ3v) is 4.92. The number of aromatic nitrogens is 1. The Balaban J connectivity index is 1.55. The van der Waals surface area contributed by atoms with Crippen LogP contribution in [0.5, 0.6) is 5.75 Å². The largest absolute Gasteiger partial charge is 0.497 e. The second-order valence-electron chi connectivity index (χ2n) is 6.80. The lowest BCUT2D eigenvalue weighted by atomic mass is 9.98. The second kappa shape index (κ2) is 8.65. The predicted molar refractivity (Wildman–Crippen MR) is 111 cm³/mol. The number of ether oxygens (including phenoxy) is 2. The number of hydrogen-bond donors (Lipinski definition) is 1. The molecule has 152 valence electrons. The van der Waals surface area contributed by atoms with Gasteiger partial charge in [0.2, 0.25) is 0 Å². The lowest BCUT2D eigenvalue weighted by Crippen LogP contribution is -2.31. The fraction of sp³-hybridized carbons (Fsp3) is 0.174. The first-order chi connectivity index (χ1) is 14.7. The van der Waals surface area contributed by atoms with E-state index >= 15 is 0 Å². The Morgan fingerprint density at radius 3 is 2.50 bits per heavy atom. The topological polar surface area (TPSA) is 84.0 Å². The molecule has 1 aromatic heterocycles. The van der Waals surface area contributed by atoms with Crippen LogP contribution in [0.15, 0.2) is 78.0 Å². The molecule has 2 heterocycles. The number of amides is 1. The summed E-state index contributed by atoms with van der Waals surface area (Å²) in [5.41, 5.74) is 2.98. The molecule has 0 spiro atoms. The molecule has 30 heavy (non-hydrogen) atoms. The normalized spacial score (nSPS) is 15.6. The van der Waals surface area contributed by atoms with Crippen molar-refractivity contribution in [1.29, 1.82) is 0 Å². The predicted octanol–water partition coefficient (Wildman–Crippen LogP) is 3.56. The third-order valence-electron chi connectivity index (χ3n) is 4.92. The Bertz CT molecular complexity index is 1040. The number of aromatic amines is 1. The van der Waals surface area contributed by atoms with Crippen molar-refractivity contribution in [3.05, 3.63) is 89.7 Å². The highest BCUT2D eigenvalue weighted by atomic mass is 16.5. The van der Waals surface area contributed by atoms with E-state index in [0.29, 0.717) is 12.1 Å². The summed E-state index contributed by atoms with van der Waals surface area (Å²) in [4.78, 5) is 27.7. The Hall–Kier alpha value is -3.87. The Morgan fingerprint density at radius 1 is 1.07 bits per heavy atom. The Kier molecular flexibility index (Phi) is 5.61. The monoisotopic (exact) mass is 403 g/mol. The Labute approximate surface area is 173 Å². The molecule has 0 saturated heterocycles. The van der Waals surface area contributed by atoms with Gasteiger partial charge in [-0.15, -0.1) is 0 Å². The van der Waals surface area contributed by atoms with Crippen LogP contribution in [0.25, 0.3) is 0 Å². The van der Waals surface area contributed by atoms with E-state index in [1.54, 1.807) is 25.4 Å². The summed E-state index contributed by atoms with van der Waals surface area (Å²) in [5.74, 6) is -0.235. The Morgan fingerprint density at radius 2 is 1.83 bits per heavy atom. The van der Waals surface area contributed by atoms with Gasteiger partial charge in [0, 0.05) is 12.6 Å². The zero-order valence-electron chi connectivity index (χ0n) is 16.4. The van der Waals surface area contributed by atoms with Gasteiger partial charge in [0.15, 0.2) is 6.61 Å². The molecule has 1 amide bonds. The van der Waals surface area contributed by atoms with E-state index in [4.69, 9.17) is 9.47 Å². The van der Waals surface area contributed by atoms with Crippen LogP contribution in [-0.4, -0.2) is 41.3 Å². The summed E-state index contributed by atoms with van der Waals surface area (Å²) in [5, 5.41) is 5.98. The van der Waals surface area contributed by atoms with Crippen LogP contribution in [0.2, 0.25) is 0 Å². The van der Waals surface area contributed by atoms with E-state index in [1.165, 1.54) is 5.01 Å². The van der Waals surface area contributed by atoms with Crippen LogP contribution in [0, 0.1) is 0 Å². The average molecular weight is 403 g/mol. The van der Waals surface area contributed by atoms with Crippen molar-refractivity contribution in [3.63, 3.8) is 0 Å². The van der Waals surface area contributed by atoms with Gasteiger partial charge in [0.25, 0.3) is 5.91 Å². The van der Waals surface area contributed by atoms with Gasteiger partial charge in [-0.2, -0.15) is 5.10 Å². The number of rotatable bonds is 6. The number of benzene rings is 2. The van der Waals surface area contributed by atoms with Crippen molar-refractivity contribution >= 4 is 17.6 Å². The van der Waals surface area contributed by atoms with Crippen molar-refractivity contribution in [1.82, 2.24) is 9.99 Å². The molecule has 2 aromatic carbocycles. The fourth-order valence-electron chi connectivity index (χ4n) is 3.36. The zero-order chi connectivity index (χ0) is 20.9. The molecule has 0 aliphatic carbocycles. The summed E-state index contributed by atoms with van der Waals surface area (Å²) in [6, 6.07) is 20.2. The molecule has 7 nitrogen and oxygen atoms in total. The maximum atomic E-state index is 12.9. The minimum atomic E-state index is -0.583. The molecule has 1 N–H and O–H groups in total. The molecule has 0 unspecified atom stereocenters. The van der Waals surface area contributed by atoms with E-state index in [9.17, 15) is 9.59 Å². The maximum absolute atomic E-state index is 12.9. The molecular weight excluding hydrogens is 382 g/mol. The molecule has 1 atom stereocenters. The van der Waals surface area contributed by atoms with Gasteiger partial charge in [-0.25, -0.2) is 9.80 Å². The second-order valence-corrected chi connectivity index (χ2v) is 6.80. The number of esters is 1. The van der Waals surface area contributed by atoms with Crippen LogP contribution in [0.1, 0.15) is 34.1 Å². The van der Waals surface area contributed by atoms with E-state index in [2.05, 4.69) is 10.1 Å². The minimum absolute atomic E-state index is 0.289. The first-order valence-corrected chi connectivity index (χ1v) is 9.55. The van der Waals surface area contributed by atoms with Crippen molar-refractivity contribution < 1.29 is 19.1 Å². The number of H-pyrrole nitrogens is 1. The highest BCUT2D eigenvalue weighted by Gasteiger charge is 2.33. The van der Waals surface area contributed by atoms with E-state index < -0.39 is 12.6 Å². The highest BCUT2D eigenvalue weighted by Crippen LogP contribution is 2.33.